The van der Waals surface area contributed by atoms with Gasteiger partial charge in [0.2, 0.25) is 0 Å². The van der Waals surface area contributed by atoms with Crippen molar-refractivity contribution in [3.8, 4) is 11.1 Å². The highest BCUT2D eigenvalue weighted by atomic mass is 16.4. The van der Waals surface area contributed by atoms with Crippen LogP contribution in [0, 0.1) is 0 Å². The molecule has 0 bridgehead atoms. The summed E-state index contributed by atoms with van der Waals surface area (Å²) < 4.78 is 0. The Labute approximate surface area is 156 Å². The van der Waals surface area contributed by atoms with Gasteiger partial charge in [0.15, 0.2) is 0 Å². The third kappa shape index (κ3) is 4.11. The maximum Gasteiger partial charge on any atom is 0.342 e. The zero-order chi connectivity index (χ0) is 20.1. The lowest BCUT2D eigenvalue weighted by atomic mass is 9.95. The number of hydrogen-bond donors (Lipinski definition) is 4. The lowest BCUT2D eigenvalue weighted by molar-refractivity contribution is 0.0695. The quantitative estimate of drug-likeness (QED) is 0.558. The van der Waals surface area contributed by atoms with Gasteiger partial charge in [0.25, 0.3) is 5.56 Å². The number of nitrogen functional groups attached to an aromatic ring is 1. The second-order valence-corrected chi connectivity index (χ2v) is 6.14. The normalized spacial score (nSPS) is 10.6. The predicted molar refractivity (Wildman–Crippen MR) is 104 cm³/mol. The monoisotopic (exact) mass is 373 g/mol. The van der Waals surface area contributed by atoms with Crippen LogP contribution in [0.5, 0.6) is 0 Å². The molecule has 27 heavy (non-hydrogen) atoms. The van der Waals surface area contributed by atoms with E-state index in [1.54, 1.807) is 24.3 Å². The average Bonchev–Trinajstić information content (AvgIpc) is 2.60. The standard InChI is InChI=1S/C19H23N3O5/c1-3-9-22(10-4-2)12-7-5-11(6-8-12)13-14(18(24)25)16(20)21-17(23)15(13)19(26)27/h5-8H,3-4,9-10H2,1-2H3,(H,24,25)(H,26,27)(H3,20,21,23). The number of H-pyrrole nitrogens is 1. The fourth-order valence-electron chi connectivity index (χ4n) is 3.08. The molecule has 2 aromatic rings. The van der Waals surface area contributed by atoms with Crippen molar-refractivity contribution in [2.45, 2.75) is 26.7 Å². The van der Waals surface area contributed by atoms with Gasteiger partial charge < -0.3 is 25.8 Å². The molecule has 0 fully saturated rings. The van der Waals surface area contributed by atoms with Crippen molar-refractivity contribution in [2.75, 3.05) is 23.7 Å². The summed E-state index contributed by atoms with van der Waals surface area (Å²) >= 11 is 0. The number of carboxylic acid groups (broad SMARTS) is 2. The molecule has 8 heteroatoms. The number of hydrogen-bond acceptors (Lipinski definition) is 5. The molecule has 5 N–H and O–H groups in total. The van der Waals surface area contributed by atoms with Crippen molar-refractivity contribution >= 4 is 23.4 Å². The van der Waals surface area contributed by atoms with Crippen LogP contribution >= 0.6 is 0 Å². The number of aromatic amines is 1. The Morgan fingerprint density at radius 2 is 1.52 bits per heavy atom. The minimum Gasteiger partial charge on any atom is -0.478 e. The number of nitrogens with one attached hydrogen (secondary N) is 1. The first-order valence-electron chi connectivity index (χ1n) is 8.69. The van der Waals surface area contributed by atoms with E-state index in [9.17, 15) is 24.6 Å². The van der Waals surface area contributed by atoms with E-state index in [1.165, 1.54) is 0 Å². The molecule has 0 atom stereocenters. The molecule has 0 radical (unpaired) electrons. The van der Waals surface area contributed by atoms with Gasteiger partial charge in [0.1, 0.15) is 16.9 Å². The Morgan fingerprint density at radius 1 is 1.00 bits per heavy atom. The molecule has 1 aromatic heterocycles. The molecule has 0 aliphatic carbocycles. The van der Waals surface area contributed by atoms with Gasteiger partial charge in [-0.15, -0.1) is 0 Å². The van der Waals surface area contributed by atoms with E-state index in [-0.39, 0.29) is 11.4 Å². The lowest BCUT2D eigenvalue weighted by Crippen LogP contribution is -2.25. The molecule has 0 saturated heterocycles. The van der Waals surface area contributed by atoms with Crippen molar-refractivity contribution in [1.82, 2.24) is 4.98 Å². The first-order chi connectivity index (χ1) is 12.8. The molecule has 0 saturated carbocycles. The summed E-state index contributed by atoms with van der Waals surface area (Å²) in [6, 6.07) is 6.80. The van der Waals surface area contributed by atoms with Crippen LogP contribution in [0.3, 0.4) is 0 Å². The minimum atomic E-state index is -1.52. The van der Waals surface area contributed by atoms with Crippen molar-refractivity contribution < 1.29 is 19.8 Å². The number of nitrogens with two attached hydrogens (primary N) is 1. The van der Waals surface area contributed by atoms with Crippen LogP contribution in [0.25, 0.3) is 11.1 Å². The van der Waals surface area contributed by atoms with Crippen molar-refractivity contribution in [3.63, 3.8) is 0 Å². The molecule has 0 aliphatic heterocycles. The van der Waals surface area contributed by atoms with E-state index < -0.39 is 28.6 Å². The summed E-state index contributed by atoms with van der Waals surface area (Å²) in [6.45, 7) is 5.89. The summed E-state index contributed by atoms with van der Waals surface area (Å²) in [5.41, 5.74) is 4.68. The highest BCUT2D eigenvalue weighted by Gasteiger charge is 2.26. The third-order valence-electron chi connectivity index (χ3n) is 4.18. The summed E-state index contributed by atoms with van der Waals surface area (Å²) in [5, 5.41) is 18.9. The average molecular weight is 373 g/mol. The molecule has 0 spiro atoms. The number of nitrogens with zero attached hydrogens (tertiary/aromatic N) is 1. The van der Waals surface area contributed by atoms with Crippen LogP contribution in [0.15, 0.2) is 29.1 Å². The van der Waals surface area contributed by atoms with E-state index in [1.807, 2.05) is 0 Å². The maximum absolute atomic E-state index is 12.1. The summed E-state index contributed by atoms with van der Waals surface area (Å²) in [4.78, 5) is 39.6. The maximum atomic E-state index is 12.1. The van der Waals surface area contributed by atoms with Gasteiger partial charge in [-0.05, 0) is 30.5 Å². The van der Waals surface area contributed by atoms with E-state index in [0.29, 0.717) is 5.56 Å². The molecule has 0 aliphatic rings. The molecule has 8 nitrogen and oxygen atoms in total. The molecule has 0 unspecified atom stereocenters. The van der Waals surface area contributed by atoms with Crippen molar-refractivity contribution in [3.05, 3.63) is 45.7 Å². The highest BCUT2D eigenvalue weighted by Crippen LogP contribution is 2.30. The van der Waals surface area contributed by atoms with Crippen LogP contribution in [-0.2, 0) is 0 Å². The number of aromatic carboxylic acids is 2. The zero-order valence-corrected chi connectivity index (χ0v) is 15.3. The fourth-order valence-corrected chi connectivity index (χ4v) is 3.08. The highest BCUT2D eigenvalue weighted by molar-refractivity contribution is 6.07. The van der Waals surface area contributed by atoms with E-state index in [2.05, 4.69) is 23.7 Å². The summed E-state index contributed by atoms with van der Waals surface area (Å²) in [6.07, 6.45) is 1.94. The van der Waals surface area contributed by atoms with Gasteiger partial charge in [-0.1, -0.05) is 26.0 Å². The molecular weight excluding hydrogens is 350 g/mol. The smallest absolute Gasteiger partial charge is 0.342 e. The Bertz CT molecular complexity index is 897. The second-order valence-electron chi connectivity index (χ2n) is 6.14. The van der Waals surface area contributed by atoms with Crippen molar-refractivity contribution in [2.24, 2.45) is 0 Å². The van der Waals surface area contributed by atoms with Crippen LogP contribution in [0.1, 0.15) is 47.4 Å². The Kier molecular flexibility index (Phi) is 6.23. The van der Waals surface area contributed by atoms with Gasteiger partial charge in [-0.25, -0.2) is 9.59 Å². The first-order valence-corrected chi connectivity index (χ1v) is 8.69. The topological polar surface area (TPSA) is 137 Å². The summed E-state index contributed by atoms with van der Waals surface area (Å²) in [5.74, 6) is -3.31. The first kappa shape index (κ1) is 20.0. The molecule has 144 valence electrons. The molecule has 1 aromatic carbocycles. The van der Waals surface area contributed by atoms with E-state index in [0.717, 1.165) is 31.6 Å². The SMILES string of the molecule is CCCN(CCC)c1ccc(-c2c(C(=O)O)c(N)[nH]c(=O)c2C(=O)O)cc1. The Balaban J connectivity index is 2.65. The third-order valence-corrected chi connectivity index (χ3v) is 4.18. The number of carbonyl (C=O) groups is 2. The van der Waals surface area contributed by atoms with Crippen LogP contribution in [0.2, 0.25) is 0 Å². The number of pyridine rings is 1. The van der Waals surface area contributed by atoms with Gasteiger partial charge in [-0.2, -0.15) is 0 Å². The number of benzene rings is 1. The minimum absolute atomic E-state index is 0.194. The predicted octanol–water partition coefficient (Wildman–Crippen LogP) is 2.65. The molecule has 2 rings (SSSR count). The fraction of sp³-hybridized carbons (Fsp3) is 0.316. The van der Waals surface area contributed by atoms with E-state index >= 15 is 0 Å². The number of carboxylic acids is 2. The van der Waals surface area contributed by atoms with Gasteiger partial charge >= 0.3 is 11.9 Å². The van der Waals surface area contributed by atoms with Crippen molar-refractivity contribution in [1.29, 1.82) is 0 Å². The Hall–Kier alpha value is -3.29. The van der Waals surface area contributed by atoms with E-state index in [4.69, 9.17) is 5.73 Å². The molecular formula is C19H23N3O5. The van der Waals surface area contributed by atoms with Crippen LogP contribution in [0.4, 0.5) is 11.5 Å². The van der Waals surface area contributed by atoms with Crippen LogP contribution in [-0.4, -0.2) is 40.2 Å². The second kappa shape index (κ2) is 8.39. The van der Waals surface area contributed by atoms with Gasteiger partial charge in [0.05, 0.1) is 0 Å². The Morgan fingerprint density at radius 3 is 1.96 bits per heavy atom. The summed E-state index contributed by atoms with van der Waals surface area (Å²) in [7, 11) is 0. The number of anilines is 2. The largest absolute Gasteiger partial charge is 0.478 e. The number of aromatic nitrogens is 1. The molecule has 0 amide bonds. The zero-order valence-electron chi connectivity index (χ0n) is 15.3. The number of rotatable bonds is 8. The van der Waals surface area contributed by atoms with Gasteiger partial charge in [0, 0.05) is 24.3 Å². The van der Waals surface area contributed by atoms with Crippen LogP contribution < -0.4 is 16.2 Å². The van der Waals surface area contributed by atoms with Gasteiger partial charge in [-0.3, -0.25) is 4.79 Å². The molecule has 1 heterocycles. The lowest BCUT2D eigenvalue weighted by Gasteiger charge is -2.24.